The van der Waals surface area contributed by atoms with E-state index < -0.39 is 0 Å². The van der Waals surface area contributed by atoms with Crippen LogP contribution >= 0.6 is 0 Å². The summed E-state index contributed by atoms with van der Waals surface area (Å²) in [5.41, 5.74) is 2.43. The Kier molecular flexibility index (Phi) is 6.98. The van der Waals surface area contributed by atoms with Gasteiger partial charge in [0.1, 0.15) is 6.61 Å². The molecule has 0 heterocycles. The second kappa shape index (κ2) is 8.49. The molecule has 1 aromatic rings. The summed E-state index contributed by atoms with van der Waals surface area (Å²) in [7, 11) is 0. The van der Waals surface area contributed by atoms with E-state index in [1.165, 1.54) is 0 Å². The average Bonchev–Trinajstić information content (AvgIpc) is 2.45. The number of carbonyl (C=O) groups excluding carboxylic acids is 1. The lowest BCUT2D eigenvalue weighted by atomic mass is 10.00. The number of hydrogen-bond donors (Lipinski definition) is 2. The van der Waals surface area contributed by atoms with Crippen LogP contribution in [0.25, 0.3) is 0 Å². The fourth-order valence-electron chi connectivity index (χ4n) is 2.22. The van der Waals surface area contributed by atoms with Crippen LogP contribution < -0.4 is 5.32 Å². The maximum atomic E-state index is 12.2. The van der Waals surface area contributed by atoms with Crippen molar-refractivity contribution in [1.82, 2.24) is 5.32 Å². The van der Waals surface area contributed by atoms with Crippen LogP contribution in [0, 0.1) is 24.7 Å². The van der Waals surface area contributed by atoms with E-state index in [2.05, 4.69) is 31.0 Å². The average molecular weight is 287 g/mol. The molecule has 1 rings (SSSR count). The summed E-state index contributed by atoms with van der Waals surface area (Å²) >= 11 is 0. The summed E-state index contributed by atoms with van der Waals surface area (Å²) in [6.07, 6.45) is 2.11. The number of nitrogens with one attached hydrogen (secondary N) is 1. The lowest BCUT2D eigenvalue weighted by Crippen LogP contribution is -2.33. The highest BCUT2D eigenvalue weighted by molar-refractivity contribution is 5.94. The van der Waals surface area contributed by atoms with Gasteiger partial charge >= 0.3 is 0 Å². The Morgan fingerprint density at radius 2 is 2.10 bits per heavy atom. The molecule has 0 bridgehead atoms. The van der Waals surface area contributed by atoms with Crippen LogP contribution in [0.2, 0.25) is 0 Å². The van der Waals surface area contributed by atoms with Gasteiger partial charge < -0.3 is 10.4 Å². The van der Waals surface area contributed by atoms with Gasteiger partial charge in [-0.25, -0.2) is 0 Å². The topological polar surface area (TPSA) is 49.3 Å². The smallest absolute Gasteiger partial charge is 0.251 e. The molecule has 0 aliphatic heterocycles. The van der Waals surface area contributed by atoms with Gasteiger partial charge in [-0.3, -0.25) is 4.79 Å². The van der Waals surface area contributed by atoms with Crippen molar-refractivity contribution in [2.45, 2.75) is 46.6 Å². The molecule has 0 aliphatic rings. The number of benzene rings is 1. The van der Waals surface area contributed by atoms with Crippen molar-refractivity contribution in [3.63, 3.8) is 0 Å². The first-order valence-electron chi connectivity index (χ1n) is 7.49. The van der Waals surface area contributed by atoms with Crippen molar-refractivity contribution in [3.8, 4) is 11.8 Å². The molecule has 3 nitrogen and oxygen atoms in total. The van der Waals surface area contributed by atoms with Crippen LogP contribution in [-0.2, 0) is 0 Å². The second-order valence-corrected chi connectivity index (χ2v) is 5.61. The van der Waals surface area contributed by atoms with Gasteiger partial charge in [0.15, 0.2) is 0 Å². The van der Waals surface area contributed by atoms with Gasteiger partial charge in [-0.1, -0.05) is 32.1 Å². The van der Waals surface area contributed by atoms with Gasteiger partial charge in [0, 0.05) is 17.2 Å². The van der Waals surface area contributed by atoms with Crippen molar-refractivity contribution >= 4 is 5.91 Å². The predicted octanol–water partition coefficient (Wildman–Crippen LogP) is 2.89. The first-order chi connectivity index (χ1) is 9.97. The molecule has 0 saturated heterocycles. The molecule has 0 radical (unpaired) electrons. The molecule has 0 aliphatic carbocycles. The van der Waals surface area contributed by atoms with Crippen LogP contribution in [0.4, 0.5) is 0 Å². The molecule has 0 fully saturated rings. The molecule has 1 aromatic carbocycles. The quantitative estimate of drug-likeness (QED) is 0.818. The number of hydrogen-bond acceptors (Lipinski definition) is 2. The number of amides is 1. The van der Waals surface area contributed by atoms with Gasteiger partial charge in [0.05, 0.1) is 0 Å². The highest BCUT2D eigenvalue weighted by atomic mass is 16.2. The second-order valence-electron chi connectivity index (χ2n) is 5.61. The van der Waals surface area contributed by atoms with E-state index in [0.29, 0.717) is 11.5 Å². The van der Waals surface area contributed by atoms with Crippen LogP contribution in [0.15, 0.2) is 18.2 Å². The summed E-state index contributed by atoms with van der Waals surface area (Å²) in [6.45, 7) is 8.16. The third-order valence-corrected chi connectivity index (χ3v) is 3.62. The van der Waals surface area contributed by atoms with Crippen molar-refractivity contribution < 1.29 is 9.90 Å². The SMILES string of the molecule is CCC(C)CC(C)NC(=O)c1ccc(C#CCO)c(C)c1. The number of aliphatic hydroxyl groups excluding tert-OH is 1. The number of aliphatic hydroxyl groups is 1. The monoisotopic (exact) mass is 287 g/mol. The molecule has 1 amide bonds. The number of aryl methyl sites for hydroxylation is 1. The third kappa shape index (κ3) is 5.61. The Morgan fingerprint density at radius 1 is 1.38 bits per heavy atom. The number of carbonyl (C=O) groups is 1. The molecular formula is C18H25NO2. The maximum Gasteiger partial charge on any atom is 0.251 e. The minimum Gasteiger partial charge on any atom is -0.384 e. The zero-order chi connectivity index (χ0) is 15.8. The zero-order valence-electron chi connectivity index (χ0n) is 13.4. The summed E-state index contributed by atoms with van der Waals surface area (Å²) in [5.74, 6) is 6.05. The fourth-order valence-corrected chi connectivity index (χ4v) is 2.22. The van der Waals surface area contributed by atoms with E-state index in [0.717, 1.165) is 24.0 Å². The molecule has 3 heteroatoms. The van der Waals surface area contributed by atoms with Gasteiger partial charge in [0.25, 0.3) is 5.91 Å². The lowest BCUT2D eigenvalue weighted by Gasteiger charge is -2.17. The Balaban J connectivity index is 2.73. The van der Waals surface area contributed by atoms with Crippen LogP contribution in [0.3, 0.4) is 0 Å². The van der Waals surface area contributed by atoms with Crippen LogP contribution in [0.1, 0.15) is 55.1 Å². The molecule has 0 aromatic heterocycles. The van der Waals surface area contributed by atoms with Crippen molar-refractivity contribution in [2.24, 2.45) is 5.92 Å². The summed E-state index contributed by atoms with van der Waals surface area (Å²) in [5, 5.41) is 11.8. The van der Waals surface area contributed by atoms with Crippen molar-refractivity contribution in [2.75, 3.05) is 6.61 Å². The van der Waals surface area contributed by atoms with E-state index in [1.807, 2.05) is 26.0 Å². The van der Waals surface area contributed by atoms with E-state index in [4.69, 9.17) is 5.11 Å². The van der Waals surface area contributed by atoms with Crippen LogP contribution in [0.5, 0.6) is 0 Å². The highest BCUT2D eigenvalue weighted by Gasteiger charge is 2.12. The Labute approximate surface area is 127 Å². The largest absolute Gasteiger partial charge is 0.384 e. The molecule has 0 saturated carbocycles. The molecule has 21 heavy (non-hydrogen) atoms. The van der Waals surface area contributed by atoms with Crippen LogP contribution in [-0.4, -0.2) is 23.7 Å². The van der Waals surface area contributed by atoms with E-state index in [1.54, 1.807) is 6.07 Å². The summed E-state index contributed by atoms with van der Waals surface area (Å²) < 4.78 is 0. The van der Waals surface area contributed by atoms with E-state index in [-0.39, 0.29) is 18.6 Å². The standard InChI is InChI=1S/C18H25NO2/c1-5-13(2)11-15(4)19-18(21)17-9-8-16(7-6-10-20)14(3)12-17/h8-9,12-13,15,20H,5,10-11H2,1-4H3,(H,19,21). The minimum absolute atomic E-state index is 0.0458. The molecule has 0 spiro atoms. The molecule has 114 valence electrons. The molecule has 2 atom stereocenters. The first kappa shape index (κ1) is 17.3. The van der Waals surface area contributed by atoms with Gasteiger partial charge in [-0.2, -0.15) is 0 Å². The highest BCUT2D eigenvalue weighted by Crippen LogP contribution is 2.12. The fraction of sp³-hybridized carbons (Fsp3) is 0.500. The van der Waals surface area contributed by atoms with Gasteiger partial charge in [-0.15, -0.1) is 0 Å². The summed E-state index contributed by atoms with van der Waals surface area (Å²) in [4.78, 5) is 12.2. The molecular weight excluding hydrogens is 262 g/mol. The third-order valence-electron chi connectivity index (χ3n) is 3.62. The minimum atomic E-state index is -0.158. The van der Waals surface area contributed by atoms with Crippen molar-refractivity contribution in [3.05, 3.63) is 34.9 Å². The Bertz CT molecular complexity index is 540. The van der Waals surface area contributed by atoms with E-state index in [9.17, 15) is 4.79 Å². The molecule has 2 unspecified atom stereocenters. The Hall–Kier alpha value is -1.79. The predicted molar refractivity (Wildman–Crippen MR) is 86.1 cm³/mol. The zero-order valence-corrected chi connectivity index (χ0v) is 13.4. The van der Waals surface area contributed by atoms with Crippen molar-refractivity contribution in [1.29, 1.82) is 0 Å². The molecule has 2 N–H and O–H groups in total. The lowest BCUT2D eigenvalue weighted by molar-refractivity contribution is 0.0935. The summed E-state index contributed by atoms with van der Waals surface area (Å²) in [6, 6.07) is 5.61. The van der Waals surface area contributed by atoms with Gasteiger partial charge in [-0.05, 0) is 49.9 Å². The first-order valence-corrected chi connectivity index (χ1v) is 7.49. The normalized spacial score (nSPS) is 13.0. The van der Waals surface area contributed by atoms with E-state index >= 15 is 0 Å². The maximum absolute atomic E-state index is 12.2. The Morgan fingerprint density at radius 3 is 2.67 bits per heavy atom. The van der Waals surface area contributed by atoms with Gasteiger partial charge in [0.2, 0.25) is 0 Å². The number of rotatable bonds is 5.